The maximum absolute atomic E-state index is 10.8. The average molecular weight is 169 g/mol. The van der Waals surface area contributed by atoms with Gasteiger partial charge in [-0.3, -0.25) is 4.79 Å². The average Bonchev–Trinajstić information content (AvgIpc) is 1.81. The molecule has 0 amide bonds. The summed E-state index contributed by atoms with van der Waals surface area (Å²) in [4.78, 5) is 10.8. The number of carboxylic acids is 1. The Balaban J connectivity index is 2.08. The predicted molar refractivity (Wildman–Crippen MR) is 44.6 cm³/mol. The maximum atomic E-state index is 10.8. The third-order valence-corrected chi connectivity index (χ3v) is 3.89. The van der Waals surface area contributed by atoms with Crippen molar-refractivity contribution < 1.29 is 9.90 Å². The maximum Gasteiger partial charge on any atom is 0.307 e. The van der Waals surface area contributed by atoms with Gasteiger partial charge < -0.3 is 10.8 Å². The molecule has 0 heterocycles. The zero-order chi connectivity index (χ0) is 8.77. The molecule has 3 nitrogen and oxygen atoms in total. The molecule has 2 rings (SSSR count). The standard InChI is InChI=1S/C9H15NO2/c10-5-6-4-7(8(11)12)9(6)2-1-3-9/h6-7H,1-5,10H2,(H,11,12). The zero-order valence-corrected chi connectivity index (χ0v) is 7.12. The molecule has 2 aliphatic carbocycles. The van der Waals surface area contributed by atoms with E-state index in [0.717, 1.165) is 19.3 Å². The van der Waals surface area contributed by atoms with Gasteiger partial charge in [0.15, 0.2) is 0 Å². The summed E-state index contributed by atoms with van der Waals surface area (Å²) in [7, 11) is 0. The number of nitrogens with two attached hydrogens (primary N) is 1. The monoisotopic (exact) mass is 169 g/mol. The molecule has 68 valence electrons. The van der Waals surface area contributed by atoms with Crippen molar-refractivity contribution in [1.82, 2.24) is 0 Å². The van der Waals surface area contributed by atoms with Gasteiger partial charge in [-0.25, -0.2) is 0 Å². The number of hydrogen-bond donors (Lipinski definition) is 2. The van der Waals surface area contributed by atoms with Crippen LogP contribution < -0.4 is 5.73 Å². The molecule has 1 spiro atoms. The number of carbonyl (C=O) groups is 1. The van der Waals surface area contributed by atoms with Gasteiger partial charge in [-0.2, -0.15) is 0 Å². The van der Waals surface area contributed by atoms with Crippen LogP contribution in [0.3, 0.4) is 0 Å². The molecule has 3 heteroatoms. The van der Waals surface area contributed by atoms with E-state index < -0.39 is 5.97 Å². The summed E-state index contributed by atoms with van der Waals surface area (Å²) in [6.07, 6.45) is 4.18. The molecule has 2 atom stereocenters. The van der Waals surface area contributed by atoms with E-state index in [1.165, 1.54) is 6.42 Å². The molecule has 0 aromatic heterocycles. The normalized spacial score (nSPS) is 37.1. The van der Waals surface area contributed by atoms with E-state index in [1.54, 1.807) is 0 Å². The van der Waals surface area contributed by atoms with E-state index in [9.17, 15) is 4.79 Å². The van der Waals surface area contributed by atoms with Crippen LogP contribution in [0.15, 0.2) is 0 Å². The minimum absolute atomic E-state index is 0.0835. The Hall–Kier alpha value is -0.570. The Morgan fingerprint density at radius 1 is 1.58 bits per heavy atom. The van der Waals surface area contributed by atoms with Gasteiger partial charge in [-0.05, 0) is 37.1 Å². The second-order valence-corrected chi connectivity index (χ2v) is 4.15. The van der Waals surface area contributed by atoms with Crippen LogP contribution in [0.5, 0.6) is 0 Å². The molecule has 0 bridgehead atoms. The molecular weight excluding hydrogens is 154 g/mol. The van der Waals surface area contributed by atoms with Crippen LogP contribution in [-0.4, -0.2) is 17.6 Å². The van der Waals surface area contributed by atoms with Crippen molar-refractivity contribution in [2.45, 2.75) is 25.7 Å². The lowest BCUT2D eigenvalue weighted by atomic mass is 9.44. The van der Waals surface area contributed by atoms with Gasteiger partial charge in [0.05, 0.1) is 5.92 Å². The number of rotatable bonds is 2. The molecule has 2 unspecified atom stereocenters. The molecule has 0 aliphatic heterocycles. The fourth-order valence-corrected chi connectivity index (χ4v) is 2.90. The topological polar surface area (TPSA) is 63.3 Å². The summed E-state index contributed by atoms with van der Waals surface area (Å²) < 4.78 is 0. The molecule has 2 saturated carbocycles. The Bertz CT molecular complexity index is 211. The fourth-order valence-electron chi connectivity index (χ4n) is 2.90. The lowest BCUT2D eigenvalue weighted by Gasteiger charge is -2.60. The largest absolute Gasteiger partial charge is 0.481 e. The van der Waals surface area contributed by atoms with Crippen LogP contribution in [-0.2, 0) is 4.79 Å². The summed E-state index contributed by atoms with van der Waals surface area (Å²) in [6.45, 7) is 0.670. The van der Waals surface area contributed by atoms with Crippen molar-refractivity contribution in [2.24, 2.45) is 23.0 Å². The highest BCUT2D eigenvalue weighted by atomic mass is 16.4. The van der Waals surface area contributed by atoms with Crippen molar-refractivity contribution in [2.75, 3.05) is 6.54 Å². The van der Waals surface area contributed by atoms with Gasteiger partial charge >= 0.3 is 5.97 Å². The summed E-state index contributed by atoms with van der Waals surface area (Å²) in [6, 6.07) is 0. The highest BCUT2D eigenvalue weighted by molar-refractivity contribution is 5.73. The third-order valence-electron chi connectivity index (χ3n) is 3.89. The van der Waals surface area contributed by atoms with Crippen molar-refractivity contribution >= 4 is 5.97 Å². The Labute approximate surface area is 71.9 Å². The van der Waals surface area contributed by atoms with Crippen LogP contribution in [0.4, 0.5) is 0 Å². The first kappa shape index (κ1) is 8.05. The summed E-state index contributed by atoms with van der Waals surface area (Å²) in [5, 5.41) is 8.91. The van der Waals surface area contributed by atoms with Crippen LogP contribution in [0.2, 0.25) is 0 Å². The quantitative estimate of drug-likeness (QED) is 0.643. The van der Waals surface area contributed by atoms with E-state index in [4.69, 9.17) is 10.8 Å². The predicted octanol–water partition coefficient (Wildman–Crippen LogP) is 0.836. The second kappa shape index (κ2) is 2.46. The van der Waals surface area contributed by atoms with Crippen LogP contribution in [0, 0.1) is 17.3 Å². The fraction of sp³-hybridized carbons (Fsp3) is 0.889. The Kier molecular flexibility index (Phi) is 1.65. The summed E-state index contributed by atoms with van der Waals surface area (Å²) >= 11 is 0. The van der Waals surface area contributed by atoms with E-state index >= 15 is 0 Å². The molecular formula is C9H15NO2. The van der Waals surface area contributed by atoms with Crippen LogP contribution in [0.25, 0.3) is 0 Å². The van der Waals surface area contributed by atoms with Gasteiger partial charge in [-0.1, -0.05) is 6.42 Å². The smallest absolute Gasteiger partial charge is 0.307 e. The van der Waals surface area contributed by atoms with E-state index in [0.29, 0.717) is 12.5 Å². The molecule has 3 N–H and O–H groups in total. The van der Waals surface area contributed by atoms with Gasteiger partial charge in [0.2, 0.25) is 0 Å². The van der Waals surface area contributed by atoms with Crippen molar-refractivity contribution in [3.63, 3.8) is 0 Å². The van der Waals surface area contributed by atoms with Crippen molar-refractivity contribution in [3.05, 3.63) is 0 Å². The molecule has 0 saturated heterocycles. The second-order valence-electron chi connectivity index (χ2n) is 4.15. The summed E-state index contributed by atoms with van der Waals surface area (Å²) in [5.41, 5.74) is 5.71. The van der Waals surface area contributed by atoms with E-state index in [-0.39, 0.29) is 11.3 Å². The number of aliphatic carboxylic acids is 1. The molecule has 2 aliphatic rings. The lowest BCUT2D eigenvalue weighted by molar-refractivity contribution is -0.174. The Morgan fingerprint density at radius 2 is 2.25 bits per heavy atom. The Morgan fingerprint density at radius 3 is 2.58 bits per heavy atom. The molecule has 0 aromatic carbocycles. The van der Waals surface area contributed by atoms with Gasteiger partial charge in [0.1, 0.15) is 0 Å². The molecule has 0 radical (unpaired) electrons. The molecule has 12 heavy (non-hydrogen) atoms. The van der Waals surface area contributed by atoms with Gasteiger partial charge in [-0.15, -0.1) is 0 Å². The minimum Gasteiger partial charge on any atom is -0.481 e. The first-order valence-corrected chi connectivity index (χ1v) is 4.63. The van der Waals surface area contributed by atoms with Crippen molar-refractivity contribution in [1.29, 1.82) is 0 Å². The molecule has 2 fully saturated rings. The minimum atomic E-state index is -0.612. The van der Waals surface area contributed by atoms with Crippen LogP contribution >= 0.6 is 0 Å². The first-order chi connectivity index (χ1) is 5.70. The zero-order valence-electron chi connectivity index (χ0n) is 7.12. The highest BCUT2D eigenvalue weighted by Gasteiger charge is 2.60. The van der Waals surface area contributed by atoms with E-state index in [1.807, 2.05) is 0 Å². The number of carboxylic acid groups (broad SMARTS) is 1. The van der Waals surface area contributed by atoms with Crippen LogP contribution in [0.1, 0.15) is 25.7 Å². The third kappa shape index (κ3) is 0.774. The van der Waals surface area contributed by atoms with Gasteiger partial charge in [0, 0.05) is 0 Å². The molecule has 0 aromatic rings. The highest BCUT2D eigenvalue weighted by Crippen LogP contribution is 2.63. The lowest BCUT2D eigenvalue weighted by Crippen LogP contribution is -2.58. The number of hydrogen-bond acceptors (Lipinski definition) is 2. The first-order valence-electron chi connectivity index (χ1n) is 4.63. The van der Waals surface area contributed by atoms with Crippen molar-refractivity contribution in [3.8, 4) is 0 Å². The summed E-state index contributed by atoms with van der Waals surface area (Å²) in [5.74, 6) is -0.202. The van der Waals surface area contributed by atoms with E-state index in [2.05, 4.69) is 0 Å². The van der Waals surface area contributed by atoms with Gasteiger partial charge in [0.25, 0.3) is 0 Å². The SMILES string of the molecule is NCC1CC(C(=O)O)C12CCC2.